The van der Waals surface area contributed by atoms with Crippen molar-refractivity contribution in [2.75, 3.05) is 13.1 Å². The molecule has 0 aromatic carbocycles. The Labute approximate surface area is 102 Å². The molecule has 0 saturated carbocycles. The van der Waals surface area contributed by atoms with Gasteiger partial charge < -0.3 is 15.7 Å². The molecule has 3 N–H and O–H groups in total. The van der Waals surface area contributed by atoms with E-state index in [-0.39, 0.29) is 6.04 Å². The molecule has 1 aromatic heterocycles. The van der Waals surface area contributed by atoms with Crippen molar-refractivity contribution in [3.8, 4) is 0 Å². The van der Waals surface area contributed by atoms with Crippen molar-refractivity contribution in [3.63, 3.8) is 0 Å². The second-order valence-corrected chi connectivity index (χ2v) is 4.22. The van der Waals surface area contributed by atoms with Crippen molar-refractivity contribution < 1.29 is 9.90 Å². The molecule has 0 radical (unpaired) electrons. The molecule has 1 atom stereocenters. The van der Waals surface area contributed by atoms with Crippen LogP contribution in [-0.4, -0.2) is 29.3 Å². The topological polar surface area (TPSA) is 74.2 Å². The van der Waals surface area contributed by atoms with Gasteiger partial charge in [-0.25, -0.2) is 4.79 Å². The van der Waals surface area contributed by atoms with Crippen molar-refractivity contribution in [2.45, 2.75) is 13.0 Å². The van der Waals surface area contributed by atoms with Crippen LogP contribution in [0.1, 0.15) is 18.7 Å². The second kappa shape index (κ2) is 6.44. The van der Waals surface area contributed by atoms with Crippen molar-refractivity contribution in [1.82, 2.24) is 15.6 Å². The molecule has 0 fully saturated rings. The van der Waals surface area contributed by atoms with Gasteiger partial charge in [0, 0.05) is 29.8 Å². The fourth-order valence-electron chi connectivity index (χ4n) is 1.21. The number of hydrogen-bond donors (Lipinski definition) is 3. The number of nitrogens with one attached hydrogen (secondary N) is 2. The minimum absolute atomic E-state index is 0.101. The fraction of sp³-hybridized carbons (Fsp3) is 0.400. The zero-order chi connectivity index (χ0) is 12.0. The number of rotatable bonds is 5. The second-order valence-electron chi connectivity index (χ2n) is 3.31. The first-order valence-electron chi connectivity index (χ1n) is 4.91. The predicted molar refractivity (Wildman–Crippen MR) is 64.4 cm³/mol. The van der Waals surface area contributed by atoms with Gasteiger partial charge in [0.1, 0.15) is 0 Å². The molecule has 88 valence electrons. The van der Waals surface area contributed by atoms with Crippen molar-refractivity contribution in [1.29, 1.82) is 0 Å². The molecule has 0 aliphatic carbocycles. The lowest BCUT2D eigenvalue weighted by molar-refractivity contribution is 0.194. The van der Waals surface area contributed by atoms with Gasteiger partial charge in [0.15, 0.2) is 0 Å². The number of nitrogens with zero attached hydrogens (tertiary/aromatic N) is 1. The lowest BCUT2D eigenvalue weighted by Crippen LogP contribution is -2.32. The van der Waals surface area contributed by atoms with E-state index < -0.39 is 6.09 Å². The zero-order valence-corrected chi connectivity index (χ0v) is 10.5. The third-order valence-corrected chi connectivity index (χ3v) is 2.51. The number of carbonyl (C=O) groups is 1. The summed E-state index contributed by atoms with van der Waals surface area (Å²) < 4.78 is 0.941. The van der Waals surface area contributed by atoms with E-state index in [1.807, 2.05) is 19.1 Å². The molecule has 0 saturated heterocycles. The van der Waals surface area contributed by atoms with Gasteiger partial charge in [-0.2, -0.15) is 0 Å². The summed E-state index contributed by atoms with van der Waals surface area (Å²) in [5, 5.41) is 13.8. The van der Waals surface area contributed by atoms with Crippen molar-refractivity contribution in [2.24, 2.45) is 0 Å². The molecular weight excluding hydrogens is 274 g/mol. The summed E-state index contributed by atoms with van der Waals surface area (Å²) in [6.45, 7) is 2.94. The Morgan fingerprint density at radius 3 is 2.88 bits per heavy atom. The molecule has 0 bridgehead atoms. The predicted octanol–water partition coefficient (Wildman–Crippen LogP) is 1.76. The molecule has 16 heavy (non-hydrogen) atoms. The molecule has 0 unspecified atom stereocenters. The maximum Gasteiger partial charge on any atom is 0.404 e. The molecule has 5 nitrogen and oxygen atoms in total. The van der Waals surface area contributed by atoms with E-state index in [1.165, 1.54) is 0 Å². The van der Waals surface area contributed by atoms with Crippen LogP contribution < -0.4 is 10.6 Å². The van der Waals surface area contributed by atoms with Crippen LogP contribution in [-0.2, 0) is 0 Å². The Bertz CT molecular complexity index is 342. The Morgan fingerprint density at radius 1 is 1.56 bits per heavy atom. The molecule has 1 heterocycles. The van der Waals surface area contributed by atoms with E-state index in [9.17, 15) is 4.79 Å². The number of halogens is 1. The Morgan fingerprint density at radius 2 is 2.31 bits per heavy atom. The first kappa shape index (κ1) is 12.9. The van der Waals surface area contributed by atoms with Crippen LogP contribution in [0, 0.1) is 0 Å². The van der Waals surface area contributed by atoms with Gasteiger partial charge in [0.2, 0.25) is 0 Å². The van der Waals surface area contributed by atoms with Crippen LogP contribution >= 0.6 is 15.9 Å². The molecule has 1 aromatic rings. The van der Waals surface area contributed by atoms with Crippen molar-refractivity contribution >= 4 is 22.0 Å². The summed E-state index contributed by atoms with van der Waals surface area (Å²) in [6, 6.07) is 3.95. The normalized spacial score (nSPS) is 12.1. The fourth-order valence-corrected chi connectivity index (χ4v) is 1.44. The highest BCUT2D eigenvalue weighted by Gasteiger charge is 2.05. The van der Waals surface area contributed by atoms with Gasteiger partial charge >= 0.3 is 6.09 Å². The number of carboxylic acid groups (broad SMARTS) is 1. The summed E-state index contributed by atoms with van der Waals surface area (Å²) >= 11 is 3.32. The molecular formula is C10H14BrN3O2. The highest BCUT2D eigenvalue weighted by Crippen LogP contribution is 2.12. The molecule has 1 rings (SSSR count). The minimum atomic E-state index is -1.00. The molecule has 0 aliphatic heterocycles. The summed E-state index contributed by atoms with van der Waals surface area (Å²) in [4.78, 5) is 14.4. The summed E-state index contributed by atoms with van der Waals surface area (Å²) in [5.74, 6) is 0. The maximum absolute atomic E-state index is 10.2. The molecule has 0 spiro atoms. The van der Waals surface area contributed by atoms with Gasteiger partial charge in [0.25, 0.3) is 0 Å². The Balaban J connectivity index is 2.32. The van der Waals surface area contributed by atoms with E-state index in [4.69, 9.17) is 5.11 Å². The number of aromatic nitrogens is 1. The average Bonchev–Trinajstić information content (AvgIpc) is 2.25. The molecule has 1 amide bonds. The van der Waals surface area contributed by atoms with Gasteiger partial charge in [-0.05, 0) is 35.0 Å². The van der Waals surface area contributed by atoms with Gasteiger partial charge in [-0.1, -0.05) is 0 Å². The van der Waals surface area contributed by atoms with E-state index in [2.05, 4.69) is 31.5 Å². The SMILES string of the molecule is C[C@H](NCCNC(=O)O)c1ccc(Br)cn1. The standard InChI is InChI=1S/C10H14BrN3O2/c1-7(12-4-5-13-10(15)16)9-3-2-8(11)6-14-9/h2-3,6-7,12-13H,4-5H2,1H3,(H,15,16)/t7-/m0/s1. The van der Waals surface area contributed by atoms with Crippen LogP contribution in [0.4, 0.5) is 4.79 Å². The lowest BCUT2D eigenvalue weighted by Gasteiger charge is -2.13. The number of pyridine rings is 1. The third kappa shape index (κ3) is 4.59. The summed E-state index contributed by atoms with van der Waals surface area (Å²) in [5.41, 5.74) is 0.929. The third-order valence-electron chi connectivity index (χ3n) is 2.05. The smallest absolute Gasteiger partial charge is 0.404 e. The van der Waals surface area contributed by atoms with Crippen LogP contribution in [0.15, 0.2) is 22.8 Å². The van der Waals surface area contributed by atoms with E-state index in [0.717, 1.165) is 10.2 Å². The number of amides is 1. The monoisotopic (exact) mass is 287 g/mol. The largest absolute Gasteiger partial charge is 0.465 e. The first-order valence-corrected chi connectivity index (χ1v) is 5.70. The van der Waals surface area contributed by atoms with E-state index >= 15 is 0 Å². The van der Waals surface area contributed by atoms with Crippen LogP contribution in [0.25, 0.3) is 0 Å². The molecule has 0 aliphatic rings. The van der Waals surface area contributed by atoms with Gasteiger partial charge in [-0.15, -0.1) is 0 Å². The van der Waals surface area contributed by atoms with Crippen LogP contribution in [0.2, 0.25) is 0 Å². The quantitative estimate of drug-likeness (QED) is 0.722. The highest BCUT2D eigenvalue weighted by atomic mass is 79.9. The van der Waals surface area contributed by atoms with Crippen LogP contribution in [0.5, 0.6) is 0 Å². The van der Waals surface area contributed by atoms with E-state index in [0.29, 0.717) is 13.1 Å². The highest BCUT2D eigenvalue weighted by molar-refractivity contribution is 9.10. The summed E-state index contributed by atoms with van der Waals surface area (Å²) in [7, 11) is 0. The van der Waals surface area contributed by atoms with Gasteiger partial charge in [-0.3, -0.25) is 4.98 Å². The van der Waals surface area contributed by atoms with Crippen LogP contribution in [0.3, 0.4) is 0 Å². The van der Waals surface area contributed by atoms with Gasteiger partial charge in [0.05, 0.1) is 5.69 Å². The summed E-state index contributed by atoms with van der Waals surface area (Å²) in [6.07, 6.45) is 0.736. The maximum atomic E-state index is 10.2. The van der Waals surface area contributed by atoms with E-state index in [1.54, 1.807) is 6.20 Å². The Kier molecular flexibility index (Phi) is 5.21. The lowest BCUT2D eigenvalue weighted by atomic mass is 10.2. The number of hydrogen-bond acceptors (Lipinski definition) is 3. The minimum Gasteiger partial charge on any atom is -0.465 e. The first-order chi connectivity index (χ1) is 7.59. The van der Waals surface area contributed by atoms with Crippen molar-refractivity contribution in [3.05, 3.63) is 28.5 Å². The Hall–Kier alpha value is -1.14. The molecule has 6 heteroatoms. The average molecular weight is 288 g/mol. The zero-order valence-electron chi connectivity index (χ0n) is 8.90.